The summed E-state index contributed by atoms with van der Waals surface area (Å²) in [5.41, 5.74) is 2.26. The Labute approximate surface area is 147 Å². The van der Waals surface area contributed by atoms with Gasteiger partial charge in [-0.05, 0) is 58.2 Å². The van der Waals surface area contributed by atoms with E-state index in [1.807, 2.05) is 18.3 Å². The number of carbonyl (C=O) groups excluding carboxylic acids is 1. The van der Waals surface area contributed by atoms with Crippen LogP contribution in [0.25, 0.3) is 0 Å². The molecule has 4 rings (SSSR count). The van der Waals surface area contributed by atoms with Gasteiger partial charge in [-0.25, -0.2) is 0 Å². The fourth-order valence-electron chi connectivity index (χ4n) is 4.04. The van der Waals surface area contributed by atoms with Crippen molar-refractivity contribution in [3.8, 4) is 0 Å². The SMILES string of the molecule is Cc1cc(C)n([C@@H]2CCCN(C(=O)[C@@H]3C[C@@H]3c3ccc(C)s3)C2)n1. The summed E-state index contributed by atoms with van der Waals surface area (Å²) in [6, 6.07) is 6.82. The number of nitrogens with zero attached hydrogens (tertiary/aromatic N) is 3. The number of rotatable bonds is 3. The minimum atomic E-state index is 0.210. The molecule has 2 aliphatic rings. The highest BCUT2D eigenvalue weighted by atomic mass is 32.1. The number of aryl methyl sites for hydroxylation is 3. The van der Waals surface area contributed by atoms with Gasteiger partial charge in [0.25, 0.3) is 0 Å². The van der Waals surface area contributed by atoms with Crippen LogP contribution in [0.15, 0.2) is 18.2 Å². The maximum atomic E-state index is 12.9. The molecule has 1 saturated heterocycles. The first-order chi connectivity index (χ1) is 11.5. The van der Waals surface area contributed by atoms with E-state index in [4.69, 9.17) is 0 Å². The molecule has 0 N–H and O–H groups in total. The average molecular weight is 343 g/mol. The van der Waals surface area contributed by atoms with Crippen LogP contribution in [-0.4, -0.2) is 33.7 Å². The standard InChI is InChI=1S/C19H25N3OS/c1-12-9-13(2)22(20-12)15-5-4-8-21(11-15)19(23)17-10-16(17)18-7-6-14(3)24-18/h6-7,9,15-17H,4-5,8,10-11H2,1-3H3/t15-,16+,17-/m1/s1. The summed E-state index contributed by atoms with van der Waals surface area (Å²) in [5, 5.41) is 4.63. The average Bonchev–Trinajstić information content (AvgIpc) is 3.13. The number of hydrogen-bond acceptors (Lipinski definition) is 3. The molecule has 1 aliphatic heterocycles. The molecule has 3 heterocycles. The Hall–Kier alpha value is -1.62. The highest BCUT2D eigenvalue weighted by Gasteiger charge is 2.47. The molecule has 2 fully saturated rings. The van der Waals surface area contributed by atoms with Gasteiger partial charge in [-0.3, -0.25) is 9.48 Å². The van der Waals surface area contributed by atoms with Gasteiger partial charge in [0.1, 0.15) is 0 Å². The van der Waals surface area contributed by atoms with Crippen molar-refractivity contribution in [2.45, 2.75) is 52.0 Å². The van der Waals surface area contributed by atoms with Crippen LogP contribution in [0.5, 0.6) is 0 Å². The zero-order valence-corrected chi connectivity index (χ0v) is 15.5. The van der Waals surface area contributed by atoms with Crippen molar-refractivity contribution in [2.24, 2.45) is 5.92 Å². The summed E-state index contributed by atoms with van der Waals surface area (Å²) in [5.74, 6) is 1.03. The molecule has 3 atom stereocenters. The highest BCUT2D eigenvalue weighted by Crippen LogP contribution is 2.50. The van der Waals surface area contributed by atoms with Gasteiger partial charge in [-0.15, -0.1) is 11.3 Å². The molecule has 24 heavy (non-hydrogen) atoms. The zero-order valence-electron chi connectivity index (χ0n) is 14.7. The lowest BCUT2D eigenvalue weighted by molar-refractivity contribution is -0.134. The topological polar surface area (TPSA) is 38.1 Å². The van der Waals surface area contributed by atoms with E-state index in [9.17, 15) is 4.79 Å². The summed E-state index contributed by atoms with van der Waals surface area (Å²) in [7, 11) is 0. The Bertz CT molecular complexity index is 763. The van der Waals surface area contributed by atoms with Crippen LogP contribution in [0.3, 0.4) is 0 Å². The van der Waals surface area contributed by atoms with E-state index in [1.165, 1.54) is 15.4 Å². The molecule has 2 aromatic heterocycles. The summed E-state index contributed by atoms with van der Waals surface area (Å²) < 4.78 is 2.13. The lowest BCUT2D eigenvalue weighted by Gasteiger charge is -2.33. The fourth-order valence-corrected chi connectivity index (χ4v) is 5.10. The summed E-state index contributed by atoms with van der Waals surface area (Å²) >= 11 is 1.84. The maximum absolute atomic E-state index is 12.9. The fraction of sp³-hybridized carbons (Fsp3) is 0.579. The molecule has 1 aliphatic carbocycles. The Kier molecular flexibility index (Phi) is 3.99. The first-order valence-electron chi connectivity index (χ1n) is 8.91. The number of thiophene rings is 1. The van der Waals surface area contributed by atoms with Crippen molar-refractivity contribution in [1.82, 2.24) is 14.7 Å². The number of piperidine rings is 1. The van der Waals surface area contributed by atoms with Crippen molar-refractivity contribution in [2.75, 3.05) is 13.1 Å². The van der Waals surface area contributed by atoms with Gasteiger partial charge in [-0.2, -0.15) is 5.10 Å². The van der Waals surface area contributed by atoms with Gasteiger partial charge >= 0.3 is 0 Å². The Balaban J connectivity index is 1.43. The molecule has 1 amide bonds. The third kappa shape index (κ3) is 2.90. The molecule has 0 bridgehead atoms. The van der Waals surface area contributed by atoms with E-state index in [2.05, 4.69) is 46.7 Å². The summed E-state index contributed by atoms with van der Waals surface area (Å²) in [6.07, 6.45) is 3.22. The second-order valence-electron chi connectivity index (χ2n) is 7.35. The van der Waals surface area contributed by atoms with Crippen LogP contribution in [0.1, 0.15) is 52.4 Å². The van der Waals surface area contributed by atoms with Crippen molar-refractivity contribution in [1.29, 1.82) is 0 Å². The number of aromatic nitrogens is 2. The molecule has 0 aromatic carbocycles. The zero-order chi connectivity index (χ0) is 16.8. The molecule has 0 unspecified atom stereocenters. The van der Waals surface area contributed by atoms with E-state index in [0.717, 1.165) is 38.0 Å². The molecular formula is C19H25N3OS. The highest BCUT2D eigenvalue weighted by molar-refractivity contribution is 7.12. The molecule has 0 radical (unpaired) electrons. The minimum absolute atomic E-state index is 0.210. The minimum Gasteiger partial charge on any atom is -0.340 e. The normalized spacial score (nSPS) is 26.6. The lowest BCUT2D eigenvalue weighted by atomic mass is 10.0. The first-order valence-corrected chi connectivity index (χ1v) is 9.72. The Morgan fingerprint density at radius 1 is 1.29 bits per heavy atom. The predicted octanol–water partition coefficient (Wildman–Crippen LogP) is 3.84. The van der Waals surface area contributed by atoms with E-state index in [0.29, 0.717) is 17.9 Å². The molecule has 2 aromatic rings. The van der Waals surface area contributed by atoms with Crippen molar-refractivity contribution in [3.63, 3.8) is 0 Å². The van der Waals surface area contributed by atoms with Crippen LogP contribution >= 0.6 is 11.3 Å². The third-order valence-corrected chi connectivity index (χ3v) is 6.47. The van der Waals surface area contributed by atoms with Gasteiger partial charge in [-0.1, -0.05) is 0 Å². The number of carbonyl (C=O) groups is 1. The van der Waals surface area contributed by atoms with Gasteiger partial charge in [0, 0.05) is 40.4 Å². The Morgan fingerprint density at radius 3 is 2.79 bits per heavy atom. The van der Waals surface area contributed by atoms with E-state index in [1.54, 1.807) is 0 Å². The predicted molar refractivity (Wildman–Crippen MR) is 96.5 cm³/mol. The Morgan fingerprint density at radius 2 is 2.12 bits per heavy atom. The van der Waals surface area contributed by atoms with Crippen molar-refractivity contribution >= 4 is 17.2 Å². The van der Waals surface area contributed by atoms with Gasteiger partial charge in [0.2, 0.25) is 5.91 Å². The second-order valence-corrected chi connectivity index (χ2v) is 8.67. The number of amides is 1. The third-order valence-electron chi connectivity index (χ3n) is 5.33. The maximum Gasteiger partial charge on any atom is 0.226 e. The molecule has 1 saturated carbocycles. The van der Waals surface area contributed by atoms with Crippen LogP contribution in [0.4, 0.5) is 0 Å². The quantitative estimate of drug-likeness (QED) is 0.849. The first kappa shape index (κ1) is 15.9. The second kappa shape index (κ2) is 6.03. The molecule has 5 heteroatoms. The van der Waals surface area contributed by atoms with E-state index >= 15 is 0 Å². The van der Waals surface area contributed by atoms with Crippen LogP contribution in [0.2, 0.25) is 0 Å². The molecule has 0 spiro atoms. The van der Waals surface area contributed by atoms with Crippen LogP contribution < -0.4 is 0 Å². The molecular weight excluding hydrogens is 318 g/mol. The summed E-state index contributed by atoms with van der Waals surface area (Å²) in [4.78, 5) is 17.7. The van der Waals surface area contributed by atoms with Crippen LogP contribution in [0, 0.1) is 26.7 Å². The largest absolute Gasteiger partial charge is 0.340 e. The van der Waals surface area contributed by atoms with E-state index in [-0.39, 0.29) is 5.92 Å². The number of hydrogen-bond donors (Lipinski definition) is 0. The van der Waals surface area contributed by atoms with Crippen molar-refractivity contribution in [3.05, 3.63) is 39.3 Å². The van der Waals surface area contributed by atoms with Gasteiger partial charge in [0.15, 0.2) is 0 Å². The molecule has 4 nitrogen and oxygen atoms in total. The molecule has 128 valence electrons. The van der Waals surface area contributed by atoms with Crippen LogP contribution in [-0.2, 0) is 4.79 Å². The lowest BCUT2D eigenvalue weighted by Crippen LogP contribution is -2.42. The van der Waals surface area contributed by atoms with Gasteiger partial charge in [0.05, 0.1) is 11.7 Å². The van der Waals surface area contributed by atoms with Gasteiger partial charge < -0.3 is 4.90 Å². The van der Waals surface area contributed by atoms with Crippen molar-refractivity contribution < 1.29 is 4.79 Å². The summed E-state index contributed by atoms with van der Waals surface area (Å²) in [6.45, 7) is 8.00. The monoisotopic (exact) mass is 343 g/mol. The smallest absolute Gasteiger partial charge is 0.226 e. The van der Waals surface area contributed by atoms with E-state index < -0.39 is 0 Å². The number of likely N-dealkylation sites (tertiary alicyclic amines) is 1.